The maximum Gasteiger partial charge on any atom is 0.336 e. The molecule has 0 spiro atoms. The summed E-state index contributed by atoms with van der Waals surface area (Å²) in [6.07, 6.45) is 6.30. The van der Waals surface area contributed by atoms with E-state index in [1.807, 2.05) is 60.8 Å². The molecule has 0 saturated heterocycles. The van der Waals surface area contributed by atoms with Gasteiger partial charge in [-0.05, 0) is 58.1 Å². The Morgan fingerprint density at radius 3 is 2.59 bits per heavy atom. The van der Waals surface area contributed by atoms with Gasteiger partial charge >= 0.3 is 5.97 Å². The van der Waals surface area contributed by atoms with Crippen molar-refractivity contribution in [1.82, 2.24) is 9.55 Å². The highest BCUT2D eigenvalue weighted by molar-refractivity contribution is 6.00. The van der Waals surface area contributed by atoms with Crippen molar-refractivity contribution in [1.29, 1.82) is 5.41 Å². The van der Waals surface area contributed by atoms with E-state index in [0.717, 1.165) is 33.2 Å². The van der Waals surface area contributed by atoms with Gasteiger partial charge in [0.2, 0.25) is 0 Å². The summed E-state index contributed by atoms with van der Waals surface area (Å²) in [6, 6.07) is 22.7. The molecule has 7 heteroatoms. The first-order valence-corrected chi connectivity index (χ1v) is 11.8. The minimum absolute atomic E-state index is 0.0172. The van der Waals surface area contributed by atoms with Crippen molar-refractivity contribution in [3.63, 3.8) is 0 Å². The maximum absolute atomic E-state index is 12.1. The molecule has 0 atom stereocenters. The standard InChI is InChI=1S/C30H26N4O3/c1-37-23-9-11-26(27(15-23)30(35)36)24-7-3-2-6-20(24)13-22-18-34(17-19-5-4-12-33-16-19)28-14-21(29(31)32)8-10-25(22)28/h2-12,14-16,18H,13,17H2,1H3,(H3,31,32)(H,35,36). The largest absolute Gasteiger partial charge is 0.497 e. The topological polar surface area (TPSA) is 114 Å². The zero-order valence-corrected chi connectivity index (χ0v) is 20.3. The smallest absolute Gasteiger partial charge is 0.336 e. The summed E-state index contributed by atoms with van der Waals surface area (Å²) in [5.41, 5.74) is 12.3. The molecule has 0 radical (unpaired) electrons. The van der Waals surface area contributed by atoms with Gasteiger partial charge in [0.15, 0.2) is 0 Å². The normalized spacial score (nSPS) is 10.9. The zero-order chi connectivity index (χ0) is 25.9. The van der Waals surface area contributed by atoms with E-state index in [9.17, 15) is 9.90 Å². The fourth-order valence-electron chi connectivity index (χ4n) is 4.70. The SMILES string of the molecule is COc1ccc(-c2ccccc2Cc2cn(Cc3cccnc3)c3cc(C(=N)N)ccc23)c(C(=O)O)c1. The number of aromatic nitrogens is 2. The number of fused-ring (bicyclic) bond motifs is 1. The molecule has 0 aliphatic carbocycles. The van der Waals surface area contributed by atoms with E-state index in [1.54, 1.807) is 24.4 Å². The van der Waals surface area contributed by atoms with Crippen molar-refractivity contribution in [3.8, 4) is 16.9 Å². The number of nitrogen functional groups attached to an aromatic ring is 1. The van der Waals surface area contributed by atoms with E-state index in [4.69, 9.17) is 15.9 Å². The number of methoxy groups -OCH3 is 1. The quantitative estimate of drug-likeness (QED) is 0.201. The van der Waals surface area contributed by atoms with Gasteiger partial charge in [-0.15, -0.1) is 0 Å². The maximum atomic E-state index is 12.1. The summed E-state index contributed by atoms with van der Waals surface area (Å²) >= 11 is 0. The Balaban J connectivity index is 1.61. The van der Waals surface area contributed by atoms with E-state index in [2.05, 4.69) is 15.7 Å². The van der Waals surface area contributed by atoms with E-state index < -0.39 is 5.97 Å². The number of pyridine rings is 1. The molecule has 184 valence electrons. The predicted molar refractivity (Wildman–Crippen MR) is 144 cm³/mol. The molecule has 4 N–H and O–H groups in total. The summed E-state index contributed by atoms with van der Waals surface area (Å²) in [6.45, 7) is 0.620. The summed E-state index contributed by atoms with van der Waals surface area (Å²) < 4.78 is 7.40. The van der Waals surface area contributed by atoms with Crippen LogP contribution in [0.3, 0.4) is 0 Å². The Bertz CT molecular complexity index is 1620. The van der Waals surface area contributed by atoms with E-state index in [1.165, 1.54) is 7.11 Å². The van der Waals surface area contributed by atoms with Gasteiger partial charge in [0, 0.05) is 48.0 Å². The Morgan fingerprint density at radius 1 is 1.03 bits per heavy atom. The lowest BCUT2D eigenvalue weighted by Crippen LogP contribution is -2.11. The molecular formula is C30H26N4O3. The van der Waals surface area contributed by atoms with E-state index in [-0.39, 0.29) is 11.4 Å². The first-order valence-electron chi connectivity index (χ1n) is 11.8. The van der Waals surface area contributed by atoms with Crippen molar-refractivity contribution in [2.45, 2.75) is 13.0 Å². The third-order valence-electron chi connectivity index (χ3n) is 6.50. The molecule has 0 aliphatic heterocycles. The number of carboxylic acid groups (broad SMARTS) is 1. The number of hydrogen-bond donors (Lipinski definition) is 3. The molecule has 37 heavy (non-hydrogen) atoms. The predicted octanol–water partition coefficient (Wildman–Crippen LogP) is 5.33. The molecule has 0 amide bonds. The summed E-state index contributed by atoms with van der Waals surface area (Å²) in [4.78, 5) is 16.3. The van der Waals surface area contributed by atoms with Crippen molar-refractivity contribution in [3.05, 3.63) is 119 Å². The van der Waals surface area contributed by atoms with Gasteiger partial charge in [0.05, 0.1) is 12.7 Å². The molecule has 5 rings (SSSR count). The van der Waals surface area contributed by atoms with Crippen LogP contribution in [-0.2, 0) is 13.0 Å². The minimum atomic E-state index is -1.01. The van der Waals surface area contributed by atoms with Crippen LogP contribution in [0.4, 0.5) is 0 Å². The van der Waals surface area contributed by atoms with Gasteiger partial charge in [-0.25, -0.2) is 4.79 Å². The molecule has 0 fully saturated rings. The molecule has 0 aliphatic rings. The monoisotopic (exact) mass is 490 g/mol. The van der Waals surface area contributed by atoms with E-state index >= 15 is 0 Å². The highest BCUT2D eigenvalue weighted by atomic mass is 16.5. The lowest BCUT2D eigenvalue weighted by Gasteiger charge is -2.13. The minimum Gasteiger partial charge on any atom is -0.497 e. The van der Waals surface area contributed by atoms with E-state index in [0.29, 0.717) is 29.8 Å². The van der Waals surface area contributed by atoms with Crippen molar-refractivity contribution in [2.24, 2.45) is 5.73 Å². The number of hydrogen-bond acceptors (Lipinski definition) is 4. The van der Waals surface area contributed by atoms with Gasteiger partial charge in [-0.1, -0.05) is 42.5 Å². The second kappa shape index (κ2) is 9.99. The highest BCUT2D eigenvalue weighted by Gasteiger charge is 2.18. The Hall–Kier alpha value is -4.91. The molecule has 0 unspecified atom stereocenters. The third kappa shape index (κ3) is 4.79. The zero-order valence-electron chi connectivity index (χ0n) is 20.3. The number of amidine groups is 1. The van der Waals surface area contributed by atoms with Crippen molar-refractivity contribution in [2.75, 3.05) is 7.11 Å². The molecule has 3 aromatic carbocycles. The fourth-order valence-corrected chi connectivity index (χ4v) is 4.70. The summed E-state index contributed by atoms with van der Waals surface area (Å²) in [7, 11) is 1.52. The molecule has 2 heterocycles. The number of nitrogens with two attached hydrogens (primary N) is 1. The number of ether oxygens (including phenoxy) is 1. The second-order valence-corrected chi connectivity index (χ2v) is 8.84. The van der Waals surface area contributed by atoms with Crippen LogP contribution < -0.4 is 10.5 Å². The molecule has 0 bridgehead atoms. The average molecular weight is 491 g/mol. The fraction of sp³-hybridized carbons (Fsp3) is 0.100. The number of rotatable bonds is 8. The number of nitrogens with zero attached hydrogens (tertiary/aromatic N) is 2. The molecule has 5 aromatic rings. The van der Waals surface area contributed by atoms with Crippen LogP contribution >= 0.6 is 0 Å². The number of benzene rings is 3. The number of aromatic carboxylic acids is 1. The Labute approximate surface area is 214 Å². The van der Waals surface area contributed by atoms with Gasteiger partial charge in [0.25, 0.3) is 0 Å². The third-order valence-corrected chi connectivity index (χ3v) is 6.50. The lowest BCUT2D eigenvalue weighted by atomic mass is 9.92. The average Bonchev–Trinajstić information content (AvgIpc) is 3.25. The van der Waals surface area contributed by atoms with Crippen molar-refractivity contribution < 1.29 is 14.6 Å². The molecule has 0 saturated carbocycles. The van der Waals surface area contributed by atoms with Gasteiger partial charge in [-0.3, -0.25) is 10.4 Å². The molecule has 2 aromatic heterocycles. The van der Waals surface area contributed by atoms with Crippen LogP contribution in [0.15, 0.2) is 91.4 Å². The van der Waals surface area contributed by atoms with Gasteiger partial charge in [-0.2, -0.15) is 0 Å². The van der Waals surface area contributed by atoms with Gasteiger partial charge < -0.3 is 20.1 Å². The second-order valence-electron chi connectivity index (χ2n) is 8.84. The van der Waals surface area contributed by atoms with Crippen LogP contribution in [0.1, 0.15) is 32.6 Å². The Morgan fingerprint density at radius 2 is 1.86 bits per heavy atom. The van der Waals surface area contributed by atoms with Crippen LogP contribution in [0, 0.1) is 5.41 Å². The number of carboxylic acids is 1. The summed E-state index contributed by atoms with van der Waals surface area (Å²) in [5.74, 6) is -0.490. The molecule has 7 nitrogen and oxygen atoms in total. The van der Waals surface area contributed by atoms with Crippen LogP contribution in [0.2, 0.25) is 0 Å². The first kappa shape index (κ1) is 23.8. The first-order chi connectivity index (χ1) is 17.9. The number of carbonyl (C=O) groups is 1. The number of nitrogens with one attached hydrogen (secondary N) is 1. The Kier molecular flexibility index (Phi) is 6.43. The summed E-state index contributed by atoms with van der Waals surface area (Å²) in [5, 5.41) is 18.8. The van der Waals surface area contributed by atoms with Crippen LogP contribution in [0.25, 0.3) is 22.0 Å². The van der Waals surface area contributed by atoms with Gasteiger partial charge in [0.1, 0.15) is 11.6 Å². The highest BCUT2D eigenvalue weighted by Crippen LogP contribution is 2.33. The van der Waals surface area contributed by atoms with Crippen LogP contribution in [0.5, 0.6) is 5.75 Å². The van der Waals surface area contributed by atoms with Crippen LogP contribution in [-0.4, -0.2) is 33.6 Å². The van der Waals surface area contributed by atoms with Crippen molar-refractivity contribution >= 4 is 22.7 Å². The molecular weight excluding hydrogens is 464 g/mol. The lowest BCUT2D eigenvalue weighted by molar-refractivity contribution is 0.0697.